The van der Waals surface area contributed by atoms with Crippen molar-refractivity contribution < 1.29 is 14.8 Å². The van der Waals surface area contributed by atoms with E-state index in [0.29, 0.717) is 0 Å². The maximum atomic E-state index is 10.4. The number of nitrogens with two attached hydrogens (primary N) is 1. The van der Waals surface area contributed by atoms with Crippen molar-refractivity contribution in [2.45, 2.75) is 13.3 Å². The molecule has 0 saturated carbocycles. The number of hydrogen-bond donors (Lipinski definition) is 3. The van der Waals surface area contributed by atoms with Gasteiger partial charge >= 0.3 is 0 Å². The van der Waals surface area contributed by atoms with Gasteiger partial charge in [0.1, 0.15) is 0 Å². The number of hydroxylamine groups is 1. The van der Waals surface area contributed by atoms with Crippen molar-refractivity contribution in [1.82, 2.24) is 5.48 Å². The molecule has 0 radical (unpaired) electrons. The smallest absolute Gasteiger partial charge is 0.244 e. The minimum absolute atomic E-state index is 0.0775. The Morgan fingerprint density at radius 2 is 2.20 bits per heavy atom. The summed E-state index contributed by atoms with van der Waals surface area (Å²) in [5.41, 5.74) is 6.24. The van der Waals surface area contributed by atoms with E-state index >= 15 is 0 Å². The van der Waals surface area contributed by atoms with Crippen molar-refractivity contribution in [2.75, 3.05) is 0 Å². The topological polar surface area (TPSA) is 92.4 Å². The van der Waals surface area contributed by atoms with E-state index in [4.69, 9.17) is 10.9 Å². The van der Waals surface area contributed by atoms with Crippen LogP contribution < -0.4 is 11.2 Å². The summed E-state index contributed by atoms with van der Waals surface area (Å²) in [7, 11) is 0. The fourth-order valence-corrected chi connectivity index (χ4v) is 0.424. The van der Waals surface area contributed by atoms with Crippen molar-refractivity contribution in [1.29, 1.82) is 0 Å². The molecule has 10 heavy (non-hydrogen) atoms. The first-order chi connectivity index (χ1) is 4.57. The standard InChI is InChI=1S/C5H10N2O3/c1-3(5(6)9)2-4(8)7-10/h3,10H,2H2,1H3,(H2,6,9)(H,7,8). The highest BCUT2D eigenvalue weighted by Crippen LogP contribution is 1.98. The van der Waals surface area contributed by atoms with Crippen LogP contribution in [0.2, 0.25) is 0 Å². The Bertz CT molecular complexity index is 146. The summed E-state index contributed by atoms with van der Waals surface area (Å²) in [4.78, 5) is 20.7. The van der Waals surface area contributed by atoms with Crippen LogP contribution in [0.5, 0.6) is 0 Å². The molecule has 0 saturated heterocycles. The normalized spacial score (nSPS) is 12.2. The van der Waals surface area contributed by atoms with Gasteiger partial charge in [0.05, 0.1) is 0 Å². The van der Waals surface area contributed by atoms with E-state index in [1.165, 1.54) is 12.4 Å². The Labute approximate surface area is 58.2 Å². The fraction of sp³-hybridized carbons (Fsp3) is 0.600. The third kappa shape index (κ3) is 3.03. The van der Waals surface area contributed by atoms with Crippen LogP contribution in [0.25, 0.3) is 0 Å². The third-order valence-electron chi connectivity index (χ3n) is 1.10. The highest BCUT2D eigenvalue weighted by Gasteiger charge is 2.12. The van der Waals surface area contributed by atoms with Gasteiger partial charge in [-0.2, -0.15) is 0 Å². The lowest BCUT2D eigenvalue weighted by Gasteiger charge is -2.03. The van der Waals surface area contributed by atoms with Crippen LogP contribution in [0.3, 0.4) is 0 Å². The summed E-state index contributed by atoms with van der Waals surface area (Å²) in [6, 6.07) is 0. The largest absolute Gasteiger partial charge is 0.369 e. The molecule has 4 N–H and O–H groups in total. The minimum Gasteiger partial charge on any atom is -0.369 e. The van der Waals surface area contributed by atoms with Crippen LogP contribution in [-0.4, -0.2) is 17.0 Å². The van der Waals surface area contributed by atoms with Gasteiger partial charge in [-0.25, -0.2) is 5.48 Å². The quantitative estimate of drug-likeness (QED) is 0.352. The molecule has 0 bridgehead atoms. The average molecular weight is 146 g/mol. The highest BCUT2D eigenvalue weighted by molar-refractivity contribution is 5.83. The van der Waals surface area contributed by atoms with Crippen LogP contribution in [0.1, 0.15) is 13.3 Å². The van der Waals surface area contributed by atoms with E-state index in [1.54, 1.807) is 0 Å². The number of hydrogen-bond acceptors (Lipinski definition) is 3. The van der Waals surface area contributed by atoms with E-state index in [-0.39, 0.29) is 6.42 Å². The van der Waals surface area contributed by atoms with E-state index < -0.39 is 17.7 Å². The molecule has 58 valence electrons. The summed E-state index contributed by atoms with van der Waals surface area (Å²) in [6.07, 6.45) is -0.0775. The molecule has 0 rings (SSSR count). The van der Waals surface area contributed by atoms with Crippen LogP contribution in [0.15, 0.2) is 0 Å². The number of rotatable bonds is 3. The molecule has 0 aromatic rings. The first kappa shape index (κ1) is 8.90. The molecule has 0 aromatic carbocycles. The molecule has 1 atom stereocenters. The lowest BCUT2D eigenvalue weighted by atomic mass is 10.1. The summed E-state index contributed by atoms with van der Waals surface area (Å²) in [5.74, 6) is -1.69. The van der Waals surface area contributed by atoms with Crippen molar-refractivity contribution in [2.24, 2.45) is 11.7 Å². The van der Waals surface area contributed by atoms with Gasteiger partial charge in [0, 0.05) is 12.3 Å². The molecule has 2 amide bonds. The van der Waals surface area contributed by atoms with Gasteiger partial charge in [-0.3, -0.25) is 14.8 Å². The first-order valence-electron chi connectivity index (χ1n) is 2.80. The van der Waals surface area contributed by atoms with Gasteiger partial charge < -0.3 is 5.73 Å². The summed E-state index contributed by atoms with van der Waals surface area (Å²) < 4.78 is 0. The van der Waals surface area contributed by atoms with E-state index in [2.05, 4.69) is 0 Å². The fourth-order valence-electron chi connectivity index (χ4n) is 0.424. The van der Waals surface area contributed by atoms with Gasteiger partial charge in [-0.15, -0.1) is 0 Å². The Morgan fingerprint density at radius 1 is 1.70 bits per heavy atom. The molecule has 5 nitrogen and oxygen atoms in total. The number of amides is 2. The highest BCUT2D eigenvalue weighted by atomic mass is 16.5. The first-order valence-corrected chi connectivity index (χ1v) is 2.80. The molecule has 0 aromatic heterocycles. The Balaban J connectivity index is 3.68. The molecule has 5 heteroatoms. The molecule has 0 aliphatic carbocycles. The maximum absolute atomic E-state index is 10.4. The molecule has 0 fully saturated rings. The van der Waals surface area contributed by atoms with Crippen molar-refractivity contribution in [3.05, 3.63) is 0 Å². The van der Waals surface area contributed by atoms with Gasteiger partial charge in [0.2, 0.25) is 11.8 Å². The lowest BCUT2D eigenvalue weighted by Crippen LogP contribution is -2.28. The van der Waals surface area contributed by atoms with Crippen molar-refractivity contribution >= 4 is 11.8 Å². The van der Waals surface area contributed by atoms with Gasteiger partial charge in [0.15, 0.2) is 0 Å². The van der Waals surface area contributed by atoms with Gasteiger partial charge in [0.25, 0.3) is 0 Å². The number of primary amides is 1. The Kier molecular flexibility index (Phi) is 3.42. The second-order valence-electron chi connectivity index (χ2n) is 2.04. The Morgan fingerprint density at radius 3 is 2.50 bits per heavy atom. The molecule has 0 spiro atoms. The van der Waals surface area contributed by atoms with Crippen LogP contribution in [0, 0.1) is 5.92 Å². The zero-order valence-corrected chi connectivity index (χ0v) is 5.63. The van der Waals surface area contributed by atoms with Crippen LogP contribution in [0.4, 0.5) is 0 Å². The average Bonchev–Trinajstić information content (AvgIpc) is 1.87. The number of carbonyl (C=O) groups excluding carboxylic acids is 2. The molecule has 0 aliphatic rings. The van der Waals surface area contributed by atoms with Crippen LogP contribution in [-0.2, 0) is 9.59 Å². The lowest BCUT2D eigenvalue weighted by molar-refractivity contribution is -0.133. The molecular weight excluding hydrogens is 136 g/mol. The van der Waals surface area contributed by atoms with Crippen LogP contribution >= 0.6 is 0 Å². The minimum atomic E-state index is -0.605. The molecule has 0 aliphatic heterocycles. The molecular formula is C5H10N2O3. The third-order valence-corrected chi connectivity index (χ3v) is 1.10. The number of carbonyl (C=O) groups is 2. The maximum Gasteiger partial charge on any atom is 0.244 e. The molecule has 0 heterocycles. The predicted octanol–water partition coefficient (Wildman–Crippen LogP) is -0.997. The summed E-state index contributed by atoms with van der Waals surface area (Å²) in [5, 5.41) is 8.01. The van der Waals surface area contributed by atoms with E-state index in [1.807, 2.05) is 0 Å². The monoisotopic (exact) mass is 146 g/mol. The SMILES string of the molecule is CC(CC(=O)NO)C(N)=O. The second kappa shape index (κ2) is 3.84. The second-order valence-corrected chi connectivity index (χ2v) is 2.04. The van der Waals surface area contributed by atoms with E-state index in [9.17, 15) is 9.59 Å². The summed E-state index contributed by atoms with van der Waals surface area (Å²) in [6.45, 7) is 1.51. The van der Waals surface area contributed by atoms with Crippen molar-refractivity contribution in [3.8, 4) is 0 Å². The Hall–Kier alpha value is -1.10. The van der Waals surface area contributed by atoms with E-state index in [0.717, 1.165) is 0 Å². The predicted molar refractivity (Wildman–Crippen MR) is 32.9 cm³/mol. The zero-order chi connectivity index (χ0) is 8.15. The van der Waals surface area contributed by atoms with Crippen molar-refractivity contribution in [3.63, 3.8) is 0 Å². The molecule has 1 unspecified atom stereocenters. The zero-order valence-electron chi connectivity index (χ0n) is 5.63. The van der Waals surface area contributed by atoms with Gasteiger partial charge in [-0.1, -0.05) is 6.92 Å². The number of nitrogens with one attached hydrogen (secondary N) is 1. The van der Waals surface area contributed by atoms with Gasteiger partial charge in [-0.05, 0) is 0 Å². The summed E-state index contributed by atoms with van der Waals surface area (Å²) >= 11 is 0.